The summed E-state index contributed by atoms with van der Waals surface area (Å²) in [5.74, 6) is 0. The van der Waals surface area contributed by atoms with Crippen LogP contribution < -0.4 is 4.90 Å². The molecule has 0 spiro atoms. The normalized spacial score (nSPS) is 16.0. The molecule has 0 aliphatic heterocycles. The molecule has 0 amide bonds. The minimum absolute atomic E-state index is 0.871. The molecule has 4 aromatic carbocycles. The summed E-state index contributed by atoms with van der Waals surface area (Å²) >= 11 is 6.96. The van der Waals surface area contributed by atoms with Crippen LogP contribution in [0.1, 0.15) is 51.2 Å². The maximum atomic E-state index is 6.96. The minimum atomic E-state index is 0.871. The molecule has 0 heterocycles. The molecule has 1 aliphatic rings. The van der Waals surface area contributed by atoms with Crippen LogP contribution in [0.2, 0.25) is 0 Å². The number of benzene rings is 4. The highest BCUT2D eigenvalue weighted by atomic mass is 35.5. The molecule has 0 saturated heterocycles. The first kappa shape index (κ1) is 28.6. The highest BCUT2D eigenvalue weighted by molar-refractivity contribution is 6.32. The van der Waals surface area contributed by atoms with Gasteiger partial charge in [-0.3, -0.25) is 4.99 Å². The molecule has 0 saturated carbocycles. The van der Waals surface area contributed by atoms with E-state index in [9.17, 15) is 0 Å². The van der Waals surface area contributed by atoms with Crippen molar-refractivity contribution in [3.63, 3.8) is 0 Å². The standard InChI is InChI=1S/C38H39ClN2/c1-6-41(37-25-23-31-13-8-10-17-35(31)29(37)5)27(3)19-21-33-15-11-14-32(38(33)39)20-18-26(2)40-36-24-22-30-12-7-9-16-34(30)28(36)4/h7-10,12-13,16-25H,6,11,14-15H2,1-5H3/b20-18+,27-19+,33-21+,40-26+. The van der Waals surface area contributed by atoms with Gasteiger partial charge in [0.1, 0.15) is 0 Å². The predicted molar refractivity (Wildman–Crippen MR) is 181 cm³/mol. The molecule has 3 heteroatoms. The van der Waals surface area contributed by atoms with Crippen LogP contribution in [-0.4, -0.2) is 12.3 Å². The highest BCUT2D eigenvalue weighted by Crippen LogP contribution is 2.34. The molecule has 208 valence electrons. The Labute approximate surface area is 250 Å². The molecular formula is C38H39ClN2. The van der Waals surface area contributed by atoms with Crippen LogP contribution in [0.3, 0.4) is 0 Å². The van der Waals surface area contributed by atoms with Gasteiger partial charge in [0.25, 0.3) is 0 Å². The van der Waals surface area contributed by atoms with E-state index in [1.54, 1.807) is 0 Å². The van der Waals surface area contributed by atoms with E-state index in [0.29, 0.717) is 0 Å². The molecule has 4 aromatic rings. The fraction of sp³-hybridized carbons (Fsp3) is 0.237. The molecule has 0 atom stereocenters. The van der Waals surface area contributed by atoms with Gasteiger partial charge in [-0.25, -0.2) is 0 Å². The lowest BCUT2D eigenvalue weighted by Crippen LogP contribution is -2.21. The lowest BCUT2D eigenvalue weighted by molar-refractivity contribution is 0.792. The lowest BCUT2D eigenvalue weighted by Gasteiger charge is -2.26. The Morgan fingerprint density at radius 2 is 1.51 bits per heavy atom. The first-order chi connectivity index (χ1) is 19.9. The van der Waals surface area contributed by atoms with Crippen LogP contribution in [0.15, 0.2) is 124 Å². The summed E-state index contributed by atoms with van der Waals surface area (Å²) < 4.78 is 0. The van der Waals surface area contributed by atoms with Crippen LogP contribution in [-0.2, 0) is 0 Å². The number of nitrogens with zero attached hydrogens (tertiary/aromatic N) is 2. The van der Waals surface area contributed by atoms with E-state index in [4.69, 9.17) is 16.6 Å². The number of aryl methyl sites for hydroxylation is 2. The zero-order valence-electron chi connectivity index (χ0n) is 24.8. The summed E-state index contributed by atoms with van der Waals surface area (Å²) in [7, 11) is 0. The number of anilines is 1. The smallest absolute Gasteiger partial charge is 0.0668 e. The lowest BCUT2D eigenvalue weighted by atomic mass is 9.94. The maximum Gasteiger partial charge on any atom is 0.0668 e. The van der Waals surface area contributed by atoms with Crippen molar-refractivity contribution in [2.24, 2.45) is 4.99 Å². The van der Waals surface area contributed by atoms with Gasteiger partial charge in [-0.15, -0.1) is 0 Å². The van der Waals surface area contributed by atoms with E-state index >= 15 is 0 Å². The highest BCUT2D eigenvalue weighted by Gasteiger charge is 2.15. The number of hydrogen-bond donors (Lipinski definition) is 0. The number of fused-ring (bicyclic) bond motifs is 2. The third kappa shape index (κ3) is 6.24. The fourth-order valence-electron chi connectivity index (χ4n) is 5.82. The number of hydrogen-bond acceptors (Lipinski definition) is 2. The largest absolute Gasteiger partial charge is 0.345 e. The summed E-state index contributed by atoms with van der Waals surface area (Å²) in [4.78, 5) is 7.30. The van der Waals surface area contributed by atoms with Crippen molar-refractivity contribution in [1.82, 2.24) is 0 Å². The van der Waals surface area contributed by atoms with Crippen LogP contribution in [0, 0.1) is 13.8 Å². The van der Waals surface area contributed by atoms with Gasteiger partial charge in [0.2, 0.25) is 0 Å². The van der Waals surface area contributed by atoms with E-state index in [1.807, 2.05) is 0 Å². The fourth-order valence-corrected chi connectivity index (χ4v) is 6.14. The summed E-state index contributed by atoms with van der Waals surface area (Å²) in [6.07, 6.45) is 11.7. The first-order valence-electron chi connectivity index (χ1n) is 14.6. The predicted octanol–water partition coefficient (Wildman–Crippen LogP) is 11.3. The quantitative estimate of drug-likeness (QED) is 0.206. The van der Waals surface area contributed by atoms with E-state index in [1.165, 1.54) is 55.2 Å². The summed E-state index contributed by atoms with van der Waals surface area (Å²) in [6, 6.07) is 25.8. The van der Waals surface area contributed by atoms with Gasteiger partial charge >= 0.3 is 0 Å². The van der Waals surface area contributed by atoms with E-state index in [2.05, 4.69) is 137 Å². The van der Waals surface area contributed by atoms with Crippen LogP contribution in [0.5, 0.6) is 0 Å². The van der Waals surface area contributed by atoms with Gasteiger partial charge in [0.05, 0.1) is 5.69 Å². The van der Waals surface area contributed by atoms with Crippen molar-refractivity contribution in [3.8, 4) is 0 Å². The van der Waals surface area contributed by atoms with Crippen molar-refractivity contribution in [2.45, 2.75) is 53.9 Å². The Kier molecular flexibility index (Phi) is 8.90. The van der Waals surface area contributed by atoms with Crippen LogP contribution in [0.25, 0.3) is 21.5 Å². The number of allylic oxidation sites excluding steroid dienone is 8. The van der Waals surface area contributed by atoms with Crippen molar-refractivity contribution >= 4 is 50.2 Å². The minimum Gasteiger partial charge on any atom is -0.345 e. The van der Waals surface area contributed by atoms with Crippen molar-refractivity contribution in [3.05, 3.63) is 130 Å². The SMILES string of the molecule is CCN(/C(C)=C/C=C1\CCCC(/C=C/C(C)=N/c2ccc3ccccc3c2C)=C1Cl)c1ccc2ccccc2c1C. The van der Waals surface area contributed by atoms with E-state index in [-0.39, 0.29) is 0 Å². The van der Waals surface area contributed by atoms with Gasteiger partial charge < -0.3 is 4.90 Å². The van der Waals surface area contributed by atoms with Crippen LogP contribution in [0.4, 0.5) is 11.4 Å². The topological polar surface area (TPSA) is 15.6 Å². The van der Waals surface area contributed by atoms with Gasteiger partial charge in [-0.2, -0.15) is 0 Å². The van der Waals surface area contributed by atoms with E-state index in [0.717, 1.165) is 42.2 Å². The molecule has 0 unspecified atom stereocenters. The number of aliphatic imine (C=N–C) groups is 1. The van der Waals surface area contributed by atoms with Gasteiger partial charge in [-0.1, -0.05) is 84.4 Å². The molecule has 41 heavy (non-hydrogen) atoms. The van der Waals surface area contributed by atoms with Crippen LogP contribution >= 0.6 is 11.6 Å². The molecule has 1 aliphatic carbocycles. The monoisotopic (exact) mass is 558 g/mol. The zero-order chi connectivity index (χ0) is 28.9. The second-order valence-corrected chi connectivity index (χ2v) is 11.3. The molecule has 5 rings (SSSR count). The first-order valence-corrected chi connectivity index (χ1v) is 15.0. The van der Waals surface area contributed by atoms with Gasteiger partial charge in [-0.05, 0) is 122 Å². The average Bonchev–Trinajstić information content (AvgIpc) is 2.99. The molecule has 0 aromatic heterocycles. The number of rotatable bonds is 7. The molecular weight excluding hydrogens is 520 g/mol. The zero-order valence-corrected chi connectivity index (χ0v) is 25.6. The van der Waals surface area contributed by atoms with E-state index < -0.39 is 0 Å². The molecule has 0 radical (unpaired) electrons. The second kappa shape index (κ2) is 12.7. The Morgan fingerprint density at radius 1 is 0.854 bits per heavy atom. The summed E-state index contributed by atoms with van der Waals surface area (Å²) in [5, 5.41) is 5.95. The van der Waals surface area contributed by atoms with Crippen molar-refractivity contribution < 1.29 is 0 Å². The molecule has 0 bridgehead atoms. The third-order valence-corrected chi connectivity index (χ3v) is 8.66. The Bertz CT molecular complexity index is 1750. The van der Waals surface area contributed by atoms with Gasteiger partial charge in [0.15, 0.2) is 0 Å². The Morgan fingerprint density at radius 3 is 2.22 bits per heavy atom. The van der Waals surface area contributed by atoms with Crippen molar-refractivity contribution in [2.75, 3.05) is 11.4 Å². The Balaban J connectivity index is 1.37. The molecule has 0 N–H and O–H groups in total. The van der Waals surface area contributed by atoms with Crippen molar-refractivity contribution in [1.29, 1.82) is 0 Å². The Hall–Kier alpha value is -3.88. The summed E-state index contributed by atoms with van der Waals surface area (Å²) in [5.41, 5.74) is 9.33. The van der Waals surface area contributed by atoms with Gasteiger partial charge in [0, 0.05) is 28.7 Å². The second-order valence-electron chi connectivity index (χ2n) is 10.9. The maximum absolute atomic E-state index is 6.96. The average molecular weight is 559 g/mol. The molecule has 0 fully saturated rings. The summed E-state index contributed by atoms with van der Waals surface area (Å²) in [6.45, 7) is 11.7. The molecule has 2 nitrogen and oxygen atoms in total. The number of halogens is 1. The third-order valence-electron chi connectivity index (χ3n) is 8.18.